The zero-order valence-corrected chi connectivity index (χ0v) is 11.0. The number of hydrogen-bond acceptors (Lipinski definition) is 3. The standard InChI is InChI=1S/C15H16N2O3/c16-13-5-6-14(12-4-2-1-3-11(12)13)20-10-7-8-17(9-10)15(18)19/h1-6,10H,7-9,16H2,(H,18,19)/t10-/m0/s1. The average Bonchev–Trinajstić information content (AvgIpc) is 2.91. The Morgan fingerprint density at radius 2 is 2.00 bits per heavy atom. The van der Waals surface area contributed by atoms with Crippen molar-refractivity contribution in [3.05, 3.63) is 36.4 Å². The fourth-order valence-corrected chi connectivity index (χ4v) is 2.58. The van der Waals surface area contributed by atoms with Crippen molar-refractivity contribution in [3.8, 4) is 5.75 Å². The maximum absolute atomic E-state index is 10.9. The molecule has 5 nitrogen and oxygen atoms in total. The Morgan fingerprint density at radius 1 is 1.25 bits per heavy atom. The Bertz CT molecular complexity index is 657. The third-order valence-electron chi connectivity index (χ3n) is 3.63. The number of carbonyl (C=O) groups is 1. The van der Waals surface area contributed by atoms with Crippen LogP contribution in [0.3, 0.4) is 0 Å². The van der Waals surface area contributed by atoms with Gasteiger partial charge in [-0.15, -0.1) is 0 Å². The molecular formula is C15H16N2O3. The number of ether oxygens (including phenoxy) is 1. The van der Waals surface area contributed by atoms with E-state index in [-0.39, 0.29) is 6.10 Å². The molecule has 20 heavy (non-hydrogen) atoms. The number of nitrogen functional groups attached to an aromatic ring is 1. The van der Waals surface area contributed by atoms with Crippen LogP contribution < -0.4 is 10.5 Å². The van der Waals surface area contributed by atoms with E-state index in [4.69, 9.17) is 15.6 Å². The molecular weight excluding hydrogens is 256 g/mol. The Hall–Kier alpha value is -2.43. The number of likely N-dealkylation sites (tertiary alicyclic amines) is 1. The van der Waals surface area contributed by atoms with Crippen molar-refractivity contribution in [2.24, 2.45) is 0 Å². The van der Waals surface area contributed by atoms with Gasteiger partial charge in [-0.1, -0.05) is 24.3 Å². The first-order valence-electron chi connectivity index (χ1n) is 6.57. The highest BCUT2D eigenvalue weighted by Crippen LogP contribution is 2.31. The van der Waals surface area contributed by atoms with Gasteiger partial charge in [0.05, 0.1) is 6.54 Å². The summed E-state index contributed by atoms with van der Waals surface area (Å²) in [5, 5.41) is 10.9. The van der Waals surface area contributed by atoms with Gasteiger partial charge in [0, 0.05) is 29.4 Å². The lowest BCUT2D eigenvalue weighted by molar-refractivity contribution is 0.146. The number of carboxylic acid groups (broad SMARTS) is 1. The molecule has 0 aliphatic carbocycles. The van der Waals surface area contributed by atoms with Crippen LogP contribution in [0.4, 0.5) is 10.5 Å². The first-order chi connectivity index (χ1) is 9.65. The minimum Gasteiger partial charge on any atom is -0.488 e. The van der Waals surface area contributed by atoms with Crippen LogP contribution >= 0.6 is 0 Å². The lowest BCUT2D eigenvalue weighted by Crippen LogP contribution is -2.29. The SMILES string of the molecule is Nc1ccc(O[C@H]2CCN(C(=O)O)C2)c2ccccc12. The van der Waals surface area contributed by atoms with E-state index < -0.39 is 6.09 Å². The summed E-state index contributed by atoms with van der Waals surface area (Å²) >= 11 is 0. The van der Waals surface area contributed by atoms with E-state index in [0.29, 0.717) is 25.2 Å². The zero-order valence-electron chi connectivity index (χ0n) is 11.0. The summed E-state index contributed by atoms with van der Waals surface area (Å²) in [4.78, 5) is 12.3. The molecule has 0 radical (unpaired) electrons. The summed E-state index contributed by atoms with van der Waals surface area (Å²) < 4.78 is 5.96. The molecule has 1 aliphatic rings. The molecule has 2 aromatic carbocycles. The van der Waals surface area contributed by atoms with Gasteiger partial charge in [-0.25, -0.2) is 4.79 Å². The lowest BCUT2D eigenvalue weighted by Gasteiger charge is -2.16. The van der Waals surface area contributed by atoms with Crippen LogP contribution in [-0.4, -0.2) is 35.3 Å². The van der Waals surface area contributed by atoms with E-state index in [0.717, 1.165) is 16.5 Å². The van der Waals surface area contributed by atoms with E-state index in [9.17, 15) is 4.79 Å². The Balaban J connectivity index is 1.85. The fraction of sp³-hybridized carbons (Fsp3) is 0.267. The molecule has 2 aromatic rings. The van der Waals surface area contributed by atoms with Crippen LogP contribution in [0.15, 0.2) is 36.4 Å². The second kappa shape index (κ2) is 4.92. The van der Waals surface area contributed by atoms with Crippen molar-refractivity contribution < 1.29 is 14.6 Å². The summed E-state index contributed by atoms with van der Waals surface area (Å²) in [6.07, 6.45) is -0.276. The Labute approximate surface area is 116 Å². The summed E-state index contributed by atoms with van der Waals surface area (Å²) in [5.74, 6) is 0.757. The van der Waals surface area contributed by atoms with Crippen LogP contribution in [0.1, 0.15) is 6.42 Å². The van der Waals surface area contributed by atoms with E-state index in [2.05, 4.69) is 0 Å². The second-order valence-corrected chi connectivity index (χ2v) is 4.96. The van der Waals surface area contributed by atoms with Gasteiger partial charge in [-0.3, -0.25) is 0 Å². The number of rotatable bonds is 2. The van der Waals surface area contributed by atoms with Gasteiger partial charge in [0.1, 0.15) is 11.9 Å². The predicted molar refractivity (Wildman–Crippen MR) is 77.0 cm³/mol. The van der Waals surface area contributed by atoms with Crippen LogP contribution in [-0.2, 0) is 0 Å². The van der Waals surface area contributed by atoms with Crippen molar-refractivity contribution in [3.63, 3.8) is 0 Å². The number of fused-ring (bicyclic) bond motifs is 1. The molecule has 3 rings (SSSR count). The first kappa shape index (κ1) is 12.6. The number of anilines is 1. The van der Waals surface area contributed by atoms with Crippen molar-refractivity contribution in [2.45, 2.75) is 12.5 Å². The zero-order chi connectivity index (χ0) is 14.1. The highest BCUT2D eigenvalue weighted by Gasteiger charge is 2.27. The molecule has 0 aromatic heterocycles. The maximum atomic E-state index is 10.9. The number of nitrogens with zero attached hydrogens (tertiary/aromatic N) is 1. The molecule has 0 bridgehead atoms. The largest absolute Gasteiger partial charge is 0.488 e. The first-order valence-corrected chi connectivity index (χ1v) is 6.57. The second-order valence-electron chi connectivity index (χ2n) is 4.96. The molecule has 1 aliphatic heterocycles. The van der Waals surface area contributed by atoms with Gasteiger partial charge in [-0.2, -0.15) is 0 Å². The molecule has 0 saturated carbocycles. The van der Waals surface area contributed by atoms with Gasteiger partial charge < -0.3 is 20.5 Å². The third kappa shape index (κ3) is 2.22. The molecule has 1 saturated heterocycles. The molecule has 1 fully saturated rings. The van der Waals surface area contributed by atoms with Crippen molar-refractivity contribution in [1.29, 1.82) is 0 Å². The lowest BCUT2D eigenvalue weighted by atomic mass is 10.1. The summed E-state index contributed by atoms with van der Waals surface area (Å²) in [5.41, 5.74) is 6.67. The normalized spacial score (nSPS) is 18.4. The third-order valence-corrected chi connectivity index (χ3v) is 3.63. The number of nitrogens with two attached hydrogens (primary N) is 1. The van der Waals surface area contributed by atoms with Crippen LogP contribution in [0.2, 0.25) is 0 Å². The van der Waals surface area contributed by atoms with Gasteiger partial charge in [0.25, 0.3) is 0 Å². The maximum Gasteiger partial charge on any atom is 0.407 e. The highest BCUT2D eigenvalue weighted by atomic mass is 16.5. The predicted octanol–water partition coefficient (Wildman–Crippen LogP) is 2.55. The summed E-state index contributed by atoms with van der Waals surface area (Å²) in [7, 11) is 0. The number of benzene rings is 2. The Morgan fingerprint density at radius 3 is 2.70 bits per heavy atom. The fourth-order valence-electron chi connectivity index (χ4n) is 2.58. The van der Waals surface area contributed by atoms with Crippen molar-refractivity contribution in [1.82, 2.24) is 4.90 Å². The Kier molecular flexibility index (Phi) is 3.10. The smallest absolute Gasteiger partial charge is 0.407 e. The quantitative estimate of drug-likeness (QED) is 0.824. The van der Waals surface area contributed by atoms with Crippen molar-refractivity contribution >= 4 is 22.6 Å². The van der Waals surface area contributed by atoms with Gasteiger partial charge in [0.2, 0.25) is 0 Å². The molecule has 3 N–H and O–H groups in total. The van der Waals surface area contributed by atoms with Crippen LogP contribution in [0.5, 0.6) is 5.75 Å². The molecule has 104 valence electrons. The number of amides is 1. The molecule has 0 unspecified atom stereocenters. The molecule has 1 heterocycles. The highest BCUT2D eigenvalue weighted by molar-refractivity contribution is 5.97. The minimum atomic E-state index is -0.890. The molecule has 1 amide bonds. The van der Waals surface area contributed by atoms with E-state index in [1.54, 1.807) is 0 Å². The molecule has 0 spiro atoms. The monoisotopic (exact) mass is 272 g/mol. The molecule has 5 heteroatoms. The topological polar surface area (TPSA) is 75.8 Å². The van der Waals surface area contributed by atoms with Crippen molar-refractivity contribution in [2.75, 3.05) is 18.8 Å². The van der Waals surface area contributed by atoms with E-state index in [1.165, 1.54) is 4.90 Å². The van der Waals surface area contributed by atoms with Gasteiger partial charge >= 0.3 is 6.09 Å². The van der Waals surface area contributed by atoms with E-state index >= 15 is 0 Å². The average molecular weight is 272 g/mol. The summed E-state index contributed by atoms with van der Waals surface area (Å²) in [6, 6.07) is 11.5. The minimum absolute atomic E-state index is 0.0990. The summed E-state index contributed by atoms with van der Waals surface area (Å²) in [6.45, 7) is 0.931. The van der Waals surface area contributed by atoms with Crippen LogP contribution in [0.25, 0.3) is 10.8 Å². The van der Waals surface area contributed by atoms with Gasteiger partial charge in [-0.05, 0) is 12.1 Å². The van der Waals surface area contributed by atoms with E-state index in [1.807, 2.05) is 36.4 Å². The van der Waals surface area contributed by atoms with Gasteiger partial charge in [0.15, 0.2) is 0 Å². The van der Waals surface area contributed by atoms with Crippen LogP contribution in [0, 0.1) is 0 Å². The molecule has 1 atom stereocenters. The number of hydrogen-bond donors (Lipinski definition) is 2.